The predicted octanol–water partition coefficient (Wildman–Crippen LogP) is 2.89. The zero-order valence-corrected chi connectivity index (χ0v) is 14.8. The SMILES string of the molecule is C[C@@H](NC(=O)C[NH+](C)Cc1ccc(Cl)c(Cl)c1)c1ccccc1. The van der Waals surface area contributed by atoms with Gasteiger partial charge in [0.15, 0.2) is 6.54 Å². The lowest BCUT2D eigenvalue weighted by Crippen LogP contribution is -3.08. The van der Waals surface area contributed by atoms with Gasteiger partial charge in [-0.1, -0.05) is 59.6 Å². The number of nitrogens with one attached hydrogen (secondary N) is 2. The standard InChI is InChI=1S/C18H20Cl2N2O/c1-13(15-6-4-3-5-7-15)21-18(23)12-22(2)11-14-8-9-16(19)17(20)10-14/h3-10,13H,11-12H2,1-2H3,(H,21,23)/p+1/t13-/m1/s1. The molecule has 2 rings (SSSR count). The van der Waals surface area contributed by atoms with Gasteiger partial charge in [-0.15, -0.1) is 0 Å². The molecule has 1 amide bonds. The summed E-state index contributed by atoms with van der Waals surface area (Å²) in [6, 6.07) is 15.5. The van der Waals surface area contributed by atoms with Gasteiger partial charge in [-0.25, -0.2) is 0 Å². The zero-order valence-electron chi connectivity index (χ0n) is 13.3. The summed E-state index contributed by atoms with van der Waals surface area (Å²) in [6.45, 7) is 3.10. The number of carbonyl (C=O) groups is 1. The third-order valence-corrected chi connectivity index (χ3v) is 4.37. The van der Waals surface area contributed by atoms with Crippen molar-refractivity contribution in [3.63, 3.8) is 0 Å². The summed E-state index contributed by atoms with van der Waals surface area (Å²) in [5.74, 6) is 0.0268. The summed E-state index contributed by atoms with van der Waals surface area (Å²) in [7, 11) is 1.98. The number of hydrogen-bond donors (Lipinski definition) is 2. The molecule has 0 aromatic heterocycles. The van der Waals surface area contributed by atoms with Gasteiger partial charge in [-0.05, 0) is 24.6 Å². The number of benzene rings is 2. The van der Waals surface area contributed by atoms with Crippen LogP contribution in [0.1, 0.15) is 24.1 Å². The van der Waals surface area contributed by atoms with E-state index in [2.05, 4.69) is 5.32 Å². The van der Waals surface area contributed by atoms with Crippen LogP contribution >= 0.6 is 23.2 Å². The Hall–Kier alpha value is -1.55. The van der Waals surface area contributed by atoms with Crippen molar-refractivity contribution in [2.75, 3.05) is 13.6 Å². The Balaban J connectivity index is 1.85. The van der Waals surface area contributed by atoms with Crippen LogP contribution in [-0.2, 0) is 11.3 Å². The third kappa shape index (κ3) is 5.54. The number of hydrogen-bond acceptors (Lipinski definition) is 1. The molecular formula is C18H21Cl2N2O+. The Morgan fingerprint density at radius 2 is 1.83 bits per heavy atom. The first kappa shape index (κ1) is 17.8. The molecule has 0 fully saturated rings. The second kappa shape index (κ2) is 8.34. The van der Waals surface area contributed by atoms with E-state index in [1.54, 1.807) is 6.07 Å². The van der Waals surface area contributed by atoms with E-state index >= 15 is 0 Å². The van der Waals surface area contributed by atoms with Crippen molar-refractivity contribution in [3.8, 4) is 0 Å². The van der Waals surface area contributed by atoms with E-state index in [1.807, 2.05) is 56.4 Å². The highest BCUT2D eigenvalue weighted by Gasteiger charge is 2.14. The van der Waals surface area contributed by atoms with Gasteiger partial charge in [0, 0.05) is 5.56 Å². The van der Waals surface area contributed by atoms with E-state index in [0.717, 1.165) is 16.0 Å². The van der Waals surface area contributed by atoms with Crippen molar-refractivity contribution >= 4 is 29.1 Å². The second-order valence-electron chi connectivity index (χ2n) is 5.76. The lowest BCUT2D eigenvalue weighted by molar-refractivity contribution is -0.885. The summed E-state index contributed by atoms with van der Waals surface area (Å²) >= 11 is 11.9. The molecule has 23 heavy (non-hydrogen) atoms. The molecule has 0 saturated carbocycles. The molecule has 0 spiro atoms. The predicted molar refractivity (Wildman–Crippen MR) is 94.9 cm³/mol. The molecule has 5 heteroatoms. The molecule has 122 valence electrons. The lowest BCUT2D eigenvalue weighted by atomic mass is 10.1. The zero-order chi connectivity index (χ0) is 16.8. The van der Waals surface area contributed by atoms with Gasteiger partial charge in [0.1, 0.15) is 6.54 Å². The number of likely N-dealkylation sites (N-methyl/N-ethyl adjacent to an activating group) is 1. The van der Waals surface area contributed by atoms with Crippen molar-refractivity contribution in [1.82, 2.24) is 5.32 Å². The van der Waals surface area contributed by atoms with Gasteiger partial charge in [0.25, 0.3) is 5.91 Å². The maximum Gasteiger partial charge on any atom is 0.275 e. The molecule has 0 aliphatic carbocycles. The molecule has 0 aliphatic heterocycles. The van der Waals surface area contributed by atoms with Crippen LogP contribution in [0.3, 0.4) is 0 Å². The van der Waals surface area contributed by atoms with Crippen molar-refractivity contribution in [2.24, 2.45) is 0 Å². The first-order chi connectivity index (χ1) is 11.0. The molecule has 0 bridgehead atoms. The Bertz CT molecular complexity index is 661. The van der Waals surface area contributed by atoms with Crippen molar-refractivity contribution < 1.29 is 9.69 Å². The molecule has 2 atom stereocenters. The van der Waals surface area contributed by atoms with Crippen LogP contribution in [0.4, 0.5) is 0 Å². The normalized spacial score (nSPS) is 13.4. The highest BCUT2D eigenvalue weighted by molar-refractivity contribution is 6.42. The van der Waals surface area contributed by atoms with Crippen molar-refractivity contribution in [1.29, 1.82) is 0 Å². The van der Waals surface area contributed by atoms with E-state index in [4.69, 9.17) is 23.2 Å². The smallest absolute Gasteiger partial charge is 0.275 e. The number of carbonyl (C=O) groups excluding carboxylic acids is 1. The minimum absolute atomic E-state index is 0.00137. The minimum Gasteiger partial charge on any atom is -0.345 e. The number of quaternary nitrogens is 1. The fourth-order valence-electron chi connectivity index (χ4n) is 2.45. The Kier molecular flexibility index (Phi) is 6.46. The quantitative estimate of drug-likeness (QED) is 0.824. The summed E-state index contributed by atoms with van der Waals surface area (Å²) in [5.41, 5.74) is 2.16. The van der Waals surface area contributed by atoms with Crippen LogP contribution in [0.15, 0.2) is 48.5 Å². The number of halogens is 2. The average Bonchev–Trinajstić information content (AvgIpc) is 2.51. The summed E-state index contributed by atoms with van der Waals surface area (Å²) in [6.07, 6.45) is 0. The van der Waals surface area contributed by atoms with Crippen LogP contribution in [0, 0.1) is 0 Å². The maximum atomic E-state index is 12.2. The monoisotopic (exact) mass is 351 g/mol. The molecule has 2 N–H and O–H groups in total. The van der Waals surface area contributed by atoms with Gasteiger partial charge in [0.05, 0.1) is 23.1 Å². The van der Waals surface area contributed by atoms with Crippen LogP contribution in [0.5, 0.6) is 0 Å². The first-order valence-corrected chi connectivity index (χ1v) is 8.31. The third-order valence-electron chi connectivity index (χ3n) is 3.63. The van der Waals surface area contributed by atoms with Crippen LogP contribution in [0.25, 0.3) is 0 Å². The molecule has 3 nitrogen and oxygen atoms in total. The van der Waals surface area contributed by atoms with E-state index in [1.165, 1.54) is 0 Å². The molecule has 0 aliphatic rings. The van der Waals surface area contributed by atoms with Gasteiger partial charge in [-0.3, -0.25) is 4.79 Å². The lowest BCUT2D eigenvalue weighted by Gasteiger charge is -2.17. The van der Waals surface area contributed by atoms with Gasteiger partial charge in [0.2, 0.25) is 0 Å². The Labute approximate surface area is 147 Å². The van der Waals surface area contributed by atoms with Crippen molar-refractivity contribution in [3.05, 3.63) is 69.7 Å². The summed E-state index contributed by atoms with van der Waals surface area (Å²) < 4.78 is 0. The van der Waals surface area contributed by atoms with Crippen LogP contribution in [-0.4, -0.2) is 19.5 Å². The van der Waals surface area contributed by atoms with Gasteiger partial charge in [-0.2, -0.15) is 0 Å². The van der Waals surface area contributed by atoms with E-state index in [-0.39, 0.29) is 11.9 Å². The van der Waals surface area contributed by atoms with E-state index in [9.17, 15) is 4.79 Å². The minimum atomic E-state index is 0.00137. The average molecular weight is 352 g/mol. The van der Waals surface area contributed by atoms with Crippen LogP contribution < -0.4 is 10.2 Å². The molecular weight excluding hydrogens is 331 g/mol. The van der Waals surface area contributed by atoms with Crippen molar-refractivity contribution in [2.45, 2.75) is 19.5 Å². The maximum absolute atomic E-state index is 12.2. The largest absolute Gasteiger partial charge is 0.345 e. The Morgan fingerprint density at radius 3 is 2.48 bits per heavy atom. The van der Waals surface area contributed by atoms with Crippen LogP contribution in [0.2, 0.25) is 10.0 Å². The molecule has 0 heterocycles. The molecule has 1 unspecified atom stereocenters. The Morgan fingerprint density at radius 1 is 1.13 bits per heavy atom. The molecule has 2 aromatic rings. The van der Waals surface area contributed by atoms with Gasteiger partial charge >= 0.3 is 0 Å². The van der Waals surface area contributed by atoms with E-state index in [0.29, 0.717) is 23.1 Å². The highest BCUT2D eigenvalue weighted by Crippen LogP contribution is 2.22. The second-order valence-corrected chi connectivity index (χ2v) is 6.57. The topological polar surface area (TPSA) is 33.5 Å². The molecule has 2 aromatic carbocycles. The first-order valence-electron chi connectivity index (χ1n) is 7.55. The summed E-state index contributed by atoms with van der Waals surface area (Å²) in [4.78, 5) is 13.3. The number of amides is 1. The summed E-state index contributed by atoms with van der Waals surface area (Å²) in [5, 5.41) is 4.11. The van der Waals surface area contributed by atoms with E-state index < -0.39 is 0 Å². The fraction of sp³-hybridized carbons (Fsp3) is 0.278. The molecule has 0 radical (unpaired) electrons. The van der Waals surface area contributed by atoms with Gasteiger partial charge < -0.3 is 10.2 Å². The fourth-order valence-corrected chi connectivity index (χ4v) is 2.77. The number of rotatable bonds is 6. The highest BCUT2D eigenvalue weighted by atomic mass is 35.5. The molecule has 0 saturated heterocycles.